The highest BCUT2D eigenvalue weighted by molar-refractivity contribution is 9.10. The lowest BCUT2D eigenvalue weighted by Crippen LogP contribution is -2.33. The minimum atomic E-state index is -0.877. The lowest BCUT2D eigenvalue weighted by Gasteiger charge is -2.11. The number of aromatic nitrogens is 1. The number of hydrogen-bond donors (Lipinski definition) is 3. The largest absolute Gasteiger partial charge is 0.481 e. The first kappa shape index (κ1) is 15.6. The third-order valence-corrected chi connectivity index (χ3v) is 3.82. The molecule has 5 nitrogen and oxygen atoms in total. The number of benzene rings is 1. The number of carbonyl (C=O) groups excluding carboxylic acids is 1. The van der Waals surface area contributed by atoms with Gasteiger partial charge in [0.15, 0.2) is 0 Å². The lowest BCUT2D eigenvalue weighted by molar-refractivity contribution is -0.141. The van der Waals surface area contributed by atoms with E-state index >= 15 is 0 Å². The molecule has 3 N–H and O–H groups in total. The maximum absolute atomic E-state index is 12.1. The lowest BCUT2D eigenvalue weighted by atomic mass is 10.0. The van der Waals surface area contributed by atoms with Crippen LogP contribution in [-0.4, -0.2) is 28.5 Å². The predicted molar refractivity (Wildman–Crippen MR) is 84.4 cm³/mol. The van der Waals surface area contributed by atoms with Crippen LogP contribution in [0.4, 0.5) is 0 Å². The molecule has 1 aromatic carbocycles. The number of carboxylic acid groups (broad SMARTS) is 1. The highest BCUT2D eigenvalue weighted by atomic mass is 79.9. The Labute approximate surface area is 130 Å². The number of carboxylic acids is 1. The predicted octanol–water partition coefficient (Wildman–Crippen LogP) is 3.16. The molecule has 1 amide bonds. The van der Waals surface area contributed by atoms with Crippen molar-refractivity contribution in [2.45, 2.75) is 19.8 Å². The van der Waals surface area contributed by atoms with Crippen LogP contribution in [0.3, 0.4) is 0 Å². The first-order valence-corrected chi connectivity index (χ1v) is 7.60. The van der Waals surface area contributed by atoms with Crippen molar-refractivity contribution in [2.75, 3.05) is 6.54 Å². The van der Waals surface area contributed by atoms with E-state index in [9.17, 15) is 9.59 Å². The Balaban J connectivity index is 2.06. The summed E-state index contributed by atoms with van der Waals surface area (Å²) in [6, 6.07) is 7.46. The Kier molecular flexibility index (Phi) is 5.01. The molecule has 21 heavy (non-hydrogen) atoms. The van der Waals surface area contributed by atoms with Crippen LogP contribution in [0.2, 0.25) is 0 Å². The van der Waals surface area contributed by atoms with Crippen molar-refractivity contribution in [3.8, 4) is 0 Å². The van der Waals surface area contributed by atoms with Crippen LogP contribution < -0.4 is 5.32 Å². The highest BCUT2D eigenvalue weighted by Gasteiger charge is 2.18. The van der Waals surface area contributed by atoms with Gasteiger partial charge in [0, 0.05) is 21.9 Å². The summed E-state index contributed by atoms with van der Waals surface area (Å²) < 4.78 is 0.928. The Bertz CT molecular complexity index is 666. The Morgan fingerprint density at radius 2 is 2.14 bits per heavy atom. The third-order valence-electron chi connectivity index (χ3n) is 3.32. The highest BCUT2D eigenvalue weighted by Crippen LogP contribution is 2.20. The standard InChI is InChI=1S/C15H17BrN2O3/c1-2-3-10(15(20)21)8-17-14(19)13-6-9-4-5-11(16)7-12(9)18-13/h4-7,10,18H,2-3,8H2,1H3,(H,17,19)(H,20,21). The van der Waals surface area contributed by atoms with Crippen LogP contribution in [0.15, 0.2) is 28.7 Å². The van der Waals surface area contributed by atoms with Crippen molar-refractivity contribution in [1.82, 2.24) is 10.3 Å². The van der Waals surface area contributed by atoms with Gasteiger partial charge in [-0.2, -0.15) is 0 Å². The van der Waals surface area contributed by atoms with Crippen molar-refractivity contribution in [3.63, 3.8) is 0 Å². The quantitative estimate of drug-likeness (QED) is 0.746. The van der Waals surface area contributed by atoms with E-state index in [-0.39, 0.29) is 12.5 Å². The molecule has 1 atom stereocenters. The Morgan fingerprint density at radius 1 is 1.38 bits per heavy atom. The molecule has 0 saturated carbocycles. The van der Waals surface area contributed by atoms with Gasteiger partial charge in [0.2, 0.25) is 0 Å². The molecule has 0 aliphatic rings. The maximum Gasteiger partial charge on any atom is 0.308 e. The van der Waals surface area contributed by atoms with Gasteiger partial charge in [-0.15, -0.1) is 0 Å². The van der Waals surface area contributed by atoms with Gasteiger partial charge in [0.25, 0.3) is 5.91 Å². The van der Waals surface area contributed by atoms with Gasteiger partial charge in [0.1, 0.15) is 5.69 Å². The summed E-state index contributed by atoms with van der Waals surface area (Å²) in [5.41, 5.74) is 1.29. The molecule has 0 aliphatic carbocycles. The zero-order valence-corrected chi connectivity index (χ0v) is 13.2. The van der Waals surface area contributed by atoms with Crippen molar-refractivity contribution in [1.29, 1.82) is 0 Å². The molecule has 1 aromatic heterocycles. The number of H-pyrrole nitrogens is 1. The Morgan fingerprint density at radius 3 is 2.81 bits per heavy atom. The summed E-state index contributed by atoms with van der Waals surface area (Å²) >= 11 is 3.38. The van der Waals surface area contributed by atoms with Gasteiger partial charge in [-0.3, -0.25) is 9.59 Å². The molecular weight excluding hydrogens is 336 g/mol. The first-order chi connectivity index (χ1) is 10.0. The number of aromatic amines is 1. The van der Waals surface area contributed by atoms with E-state index in [4.69, 9.17) is 5.11 Å². The minimum absolute atomic E-state index is 0.140. The second-order valence-electron chi connectivity index (χ2n) is 4.95. The molecule has 0 spiro atoms. The van der Waals surface area contributed by atoms with Crippen LogP contribution in [-0.2, 0) is 4.79 Å². The third kappa shape index (κ3) is 3.85. The van der Waals surface area contributed by atoms with Gasteiger partial charge >= 0.3 is 5.97 Å². The number of fused-ring (bicyclic) bond motifs is 1. The maximum atomic E-state index is 12.1. The fourth-order valence-corrected chi connectivity index (χ4v) is 2.56. The molecule has 2 aromatic rings. The molecule has 112 valence electrons. The average molecular weight is 353 g/mol. The fourth-order valence-electron chi connectivity index (χ4n) is 2.19. The van der Waals surface area contributed by atoms with Gasteiger partial charge in [0.05, 0.1) is 5.92 Å². The molecule has 0 radical (unpaired) electrons. The van der Waals surface area contributed by atoms with E-state index < -0.39 is 11.9 Å². The number of hydrogen-bond acceptors (Lipinski definition) is 2. The van der Waals surface area contributed by atoms with Crippen LogP contribution in [0.1, 0.15) is 30.3 Å². The summed E-state index contributed by atoms with van der Waals surface area (Å²) in [5, 5.41) is 12.7. The number of halogens is 1. The van der Waals surface area contributed by atoms with Crippen molar-refractivity contribution < 1.29 is 14.7 Å². The van der Waals surface area contributed by atoms with E-state index in [1.54, 1.807) is 6.07 Å². The zero-order valence-electron chi connectivity index (χ0n) is 11.6. The molecule has 0 aliphatic heterocycles. The van der Waals surface area contributed by atoms with Gasteiger partial charge in [-0.1, -0.05) is 35.3 Å². The van der Waals surface area contributed by atoms with E-state index in [0.717, 1.165) is 21.8 Å². The summed E-state index contributed by atoms with van der Waals surface area (Å²) in [6.45, 7) is 2.06. The van der Waals surface area contributed by atoms with Crippen molar-refractivity contribution in [2.24, 2.45) is 5.92 Å². The molecule has 1 heterocycles. The molecule has 0 saturated heterocycles. The average Bonchev–Trinajstić information content (AvgIpc) is 2.85. The van der Waals surface area contributed by atoms with Gasteiger partial charge in [-0.25, -0.2) is 0 Å². The minimum Gasteiger partial charge on any atom is -0.481 e. The number of carbonyl (C=O) groups is 2. The van der Waals surface area contributed by atoms with Crippen molar-refractivity contribution in [3.05, 3.63) is 34.4 Å². The second kappa shape index (κ2) is 6.76. The number of aliphatic carboxylic acids is 1. The first-order valence-electron chi connectivity index (χ1n) is 6.80. The number of amides is 1. The van der Waals surface area contributed by atoms with E-state index in [1.165, 1.54) is 0 Å². The van der Waals surface area contributed by atoms with E-state index in [0.29, 0.717) is 12.1 Å². The summed E-state index contributed by atoms with van der Waals surface area (Å²) in [5.74, 6) is -1.71. The molecule has 0 fully saturated rings. The monoisotopic (exact) mass is 352 g/mol. The summed E-state index contributed by atoms with van der Waals surface area (Å²) in [7, 11) is 0. The van der Waals surface area contributed by atoms with E-state index in [2.05, 4.69) is 26.2 Å². The van der Waals surface area contributed by atoms with Crippen LogP contribution >= 0.6 is 15.9 Å². The number of rotatable bonds is 6. The zero-order chi connectivity index (χ0) is 15.4. The summed E-state index contributed by atoms with van der Waals surface area (Å²) in [4.78, 5) is 26.2. The van der Waals surface area contributed by atoms with Gasteiger partial charge in [-0.05, 0) is 24.6 Å². The molecular formula is C15H17BrN2O3. The fraction of sp³-hybridized carbons (Fsp3) is 0.333. The van der Waals surface area contributed by atoms with Crippen molar-refractivity contribution >= 4 is 38.7 Å². The molecule has 6 heteroatoms. The SMILES string of the molecule is CCCC(CNC(=O)c1cc2ccc(Br)cc2[nH]1)C(=O)O. The smallest absolute Gasteiger partial charge is 0.308 e. The topological polar surface area (TPSA) is 82.2 Å². The molecule has 1 unspecified atom stereocenters. The second-order valence-corrected chi connectivity index (χ2v) is 5.86. The van der Waals surface area contributed by atoms with Crippen LogP contribution in [0.25, 0.3) is 10.9 Å². The van der Waals surface area contributed by atoms with Crippen LogP contribution in [0.5, 0.6) is 0 Å². The molecule has 0 bridgehead atoms. The molecule has 2 rings (SSSR count). The van der Waals surface area contributed by atoms with Crippen LogP contribution in [0, 0.1) is 5.92 Å². The van der Waals surface area contributed by atoms with Gasteiger partial charge < -0.3 is 15.4 Å². The summed E-state index contributed by atoms with van der Waals surface area (Å²) in [6.07, 6.45) is 1.32. The van der Waals surface area contributed by atoms with E-state index in [1.807, 2.05) is 25.1 Å². The normalized spacial score (nSPS) is 12.3. The Hall–Kier alpha value is -1.82. The number of nitrogens with one attached hydrogen (secondary N) is 2.